The van der Waals surface area contributed by atoms with Crippen molar-refractivity contribution in [2.75, 3.05) is 20.3 Å². The van der Waals surface area contributed by atoms with Gasteiger partial charge in [-0.15, -0.1) is 0 Å². The van der Waals surface area contributed by atoms with Crippen LogP contribution in [0.5, 0.6) is 17.2 Å². The van der Waals surface area contributed by atoms with Crippen LogP contribution in [0, 0.1) is 0 Å². The number of aromatic nitrogens is 2. The number of amides is 1. The van der Waals surface area contributed by atoms with Gasteiger partial charge in [0.25, 0.3) is 11.5 Å². The highest BCUT2D eigenvalue weighted by Gasteiger charge is 2.13. The van der Waals surface area contributed by atoms with E-state index in [1.54, 1.807) is 18.2 Å². The second kappa shape index (κ2) is 11.6. The van der Waals surface area contributed by atoms with Crippen molar-refractivity contribution in [3.8, 4) is 17.2 Å². The summed E-state index contributed by atoms with van der Waals surface area (Å²) in [6.45, 7) is -2.37. The van der Waals surface area contributed by atoms with Gasteiger partial charge in [0.05, 0.1) is 13.7 Å². The van der Waals surface area contributed by atoms with E-state index in [1.807, 2.05) is 18.2 Å². The topological polar surface area (TPSA) is 91.7 Å². The summed E-state index contributed by atoms with van der Waals surface area (Å²) in [4.78, 5) is 24.5. The van der Waals surface area contributed by atoms with Gasteiger partial charge in [0.2, 0.25) is 0 Å². The lowest BCUT2D eigenvalue weighted by Gasteiger charge is -2.12. The summed E-state index contributed by atoms with van der Waals surface area (Å²) >= 11 is 0. The van der Waals surface area contributed by atoms with Crippen LogP contribution in [0.15, 0.2) is 65.5 Å². The molecule has 0 aliphatic carbocycles. The van der Waals surface area contributed by atoms with Crippen LogP contribution in [0.3, 0.4) is 0 Å². The van der Waals surface area contributed by atoms with Gasteiger partial charge in [-0.1, -0.05) is 24.3 Å². The van der Waals surface area contributed by atoms with E-state index < -0.39 is 12.5 Å². The maximum Gasteiger partial charge on any atom is 0.387 e. The molecular weight excluding hydrogens is 436 g/mol. The van der Waals surface area contributed by atoms with Gasteiger partial charge >= 0.3 is 6.61 Å². The lowest BCUT2D eigenvalue weighted by Crippen LogP contribution is -2.31. The molecular formula is C23H23F2N3O5. The molecule has 0 unspecified atom stereocenters. The number of benzene rings is 2. The fourth-order valence-electron chi connectivity index (χ4n) is 2.97. The highest BCUT2D eigenvalue weighted by atomic mass is 19.3. The van der Waals surface area contributed by atoms with Crippen LogP contribution < -0.4 is 25.1 Å². The molecule has 0 aliphatic rings. The average Bonchev–Trinajstić information content (AvgIpc) is 2.80. The van der Waals surface area contributed by atoms with Crippen LogP contribution in [-0.2, 0) is 13.0 Å². The molecule has 8 nitrogen and oxygen atoms in total. The van der Waals surface area contributed by atoms with E-state index in [2.05, 4.69) is 15.2 Å². The van der Waals surface area contributed by atoms with Crippen molar-refractivity contribution < 1.29 is 27.8 Å². The Balaban J connectivity index is 1.55. The number of methoxy groups -OCH3 is 1. The first-order valence-corrected chi connectivity index (χ1v) is 10.1. The Kier molecular flexibility index (Phi) is 8.34. The van der Waals surface area contributed by atoms with Crippen LogP contribution in [0.2, 0.25) is 0 Å². The smallest absolute Gasteiger partial charge is 0.387 e. The average molecular weight is 459 g/mol. The molecule has 1 aromatic heterocycles. The van der Waals surface area contributed by atoms with E-state index in [0.717, 1.165) is 4.68 Å². The van der Waals surface area contributed by atoms with E-state index in [4.69, 9.17) is 9.47 Å². The predicted molar refractivity (Wildman–Crippen MR) is 116 cm³/mol. The minimum Gasteiger partial charge on any atom is -0.493 e. The van der Waals surface area contributed by atoms with Crippen LogP contribution in [0.25, 0.3) is 0 Å². The van der Waals surface area contributed by atoms with Gasteiger partial charge in [0.1, 0.15) is 18.1 Å². The molecule has 0 radical (unpaired) electrons. The quantitative estimate of drug-likeness (QED) is 0.474. The summed E-state index contributed by atoms with van der Waals surface area (Å²) in [5.74, 6) is 0.305. The molecule has 0 saturated heterocycles. The van der Waals surface area contributed by atoms with Gasteiger partial charge in [-0.25, -0.2) is 4.68 Å². The number of hydrogen-bond donors (Lipinski definition) is 1. The predicted octanol–water partition coefficient (Wildman–Crippen LogP) is 2.90. The number of hydrogen-bond acceptors (Lipinski definition) is 6. The van der Waals surface area contributed by atoms with Crippen LogP contribution in [0.4, 0.5) is 8.78 Å². The number of carbonyl (C=O) groups is 1. The van der Waals surface area contributed by atoms with Crippen molar-refractivity contribution in [1.82, 2.24) is 15.1 Å². The van der Waals surface area contributed by atoms with Gasteiger partial charge < -0.3 is 19.5 Å². The highest BCUT2D eigenvalue weighted by Crippen LogP contribution is 2.29. The molecule has 1 heterocycles. The Morgan fingerprint density at radius 3 is 2.61 bits per heavy atom. The molecule has 2 aromatic carbocycles. The monoisotopic (exact) mass is 459 g/mol. The van der Waals surface area contributed by atoms with Gasteiger partial charge in [-0.3, -0.25) is 9.59 Å². The molecule has 1 N–H and O–H groups in total. The zero-order valence-electron chi connectivity index (χ0n) is 17.9. The molecule has 0 spiro atoms. The molecule has 174 valence electrons. The third-order valence-electron chi connectivity index (χ3n) is 4.56. The number of ether oxygens (including phenoxy) is 3. The molecule has 1 amide bonds. The summed E-state index contributed by atoms with van der Waals surface area (Å²) in [5, 5.41) is 6.79. The second-order valence-electron chi connectivity index (χ2n) is 6.81. The zero-order valence-corrected chi connectivity index (χ0v) is 17.9. The summed E-state index contributed by atoms with van der Waals surface area (Å²) < 4.78 is 41.3. The molecule has 33 heavy (non-hydrogen) atoms. The standard InChI is InChI=1S/C23H23F2N3O5/c1-31-19-9-7-16(15-20(19)33-23(24)25)11-12-26-22(30)18-8-10-21(29)28(27-18)13-14-32-17-5-3-2-4-6-17/h2-10,15,23H,11-14H2,1H3,(H,26,30). The van der Waals surface area contributed by atoms with Crippen LogP contribution in [0.1, 0.15) is 16.1 Å². The molecule has 3 aromatic rings. The van der Waals surface area contributed by atoms with E-state index in [-0.39, 0.29) is 42.4 Å². The Morgan fingerprint density at radius 1 is 1.09 bits per heavy atom. The summed E-state index contributed by atoms with van der Waals surface area (Å²) in [5.41, 5.74) is 0.390. The molecule has 0 bridgehead atoms. The molecule has 10 heteroatoms. The van der Waals surface area contributed by atoms with E-state index in [9.17, 15) is 18.4 Å². The number of nitrogens with zero attached hydrogens (tertiary/aromatic N) is 2. The molecule has 0 atom stereocenters. The molecule has 3 rings (SSSR count). The minimum absolute atomic E-state index is 0.0748. The van der Waals surface area contributed by atoms with Crippen molar-refractivity contribution in [2.24, 2.45) is 0 Å². The fourth-order valence-corrected chi connectivity index (χ4v) is 2.97. The van der Waals surface area contributed by atoms with Gasteiger partial charge in [-0.05, 0) is 42.3 Å². The maximum absolute atomic E-state index is 12.6. The number of alkyl halides is 2. The Bertz CT molecular complexity index is 1120. The Hall–Kier alpha value is -3.95. The van der Waals surface area contributed by atoms with Crippen LogP contribution in [-0.4, -0.2) is 42.6 Å². The fraction of sp³-hybridized carbons (Fsp3) is 0.261. The lowest BCUT2D eigenvalue weighted by atomic mass is 10.1. The number of rotatable bonds is 11. The molecule has 0 aliphatic heterocycles. The van der Waals surface area contributed by atoms with E-state index in [0.29, 0.717) is 17.7 Å². The largest absolute Gasteiger partial charge is 0.493 e. The first kappa shape index (κ1) is 23.7. The molecule has 0 saturated carbocycles. The molecule has 0 fully saturated rings. The third-order valence-corrected chi connectivity index (χ3v) is 4.56. The van der Waals surface area contributed by atoms with Crippen molar-refractivity contribution >= 4 is 5.91 Å². The summed E-state index contributed by atoms with van der Waals surface area (Å²) in [6.07, 6.45) is 0.361. The highest BCUT2D eigenvalue weighted by molar-refractivity contribution is 5.91. The first-order chi connectivity index (χ1) is 16.0. The number of carbonyl (C=O) groups excluding carboxylic acids is 1. The van der Waals surface area contributed by atoms with E-state index >= 15 is 0 Å². The van der Waals surface area contributed by atoms with E-state index in [1.165, 1.54) is 31.4 Å². The first-order valence-electron chi connectivity index (χ1n) is 10.1. The van der Waals surface area contributed by atoms with Crippen molar-refractivity contribution in [1.29, 1.82) is 0 Å². The Morgan fingerprint density at radius 2 is 1.88 bits per heavy atom. The number of para-hydroxylation sites is 1. The number of nitrogens with one attached hydrogen (secondary N) is 1. The summed E-state index contributed by atoms with van der Waals surface area (Å²) in [7, 11) is 1.35. The zero-order chi connectivity index (χ0) is 23.6. The summed E-state index contributed by atoms with van der Waals surface area (Å²) in [6, 6.07) is 16.4. The van der Waals surface area contributed by atoms with Gasteiger partial charge in [0, 0.05) is 12.6 Å². The van der Waals surface area contributed by atoms with Crippen molar-refractivity contribution in [3.63, 3.8) is 0 Å². The van der Waals surface area contributed by atoms with Gasteiger partial charge in [-0.2, -0.15) is 13.9 Å². The third kappa shape index (κ3) is 7.03. The minimum atomic E-state index is -2.98. The van der Waals surface area contributed by atoms with Crippen molar-refractivity contribution in [3.05, 3.63) is 82.3 Å². The maximum atomic E-state index is 12.6. The van der Waals surface area contributed by atoms with Crippen LogP contribution >= 0.6 is 0 Å². The number of halogens is 2. The second-order valence-corrected chi connectivity index (χ2v) is 6.81. The lowest BCUT2D eigenvalue weighted by molar-refractivity contribution is -0.0512. The SMILES string of the molecule is COc1ccc(CCNC(=O)c2ccc(=O)n(CCOc3ccccc3)n2)cc1OC(F)F. The normalized spacial score (nSPS) is 10.7. The Labute approximate surface area is 188 Å². The van der Waals surface area contributed by atoms with Crippen molar-refractivity contribution in [2.45, 2.75) is 19.6 Å². The van der Waals surface area contributed by atoms with Gasteiger partial charge in [0.15, 0.2) is 11.5 Å².